The molecule has 0 aliphatic heterocycles. The first-order chi connectivity index (χ1) is 10.1. The van der Waals surface area contributed by atoms with Crippen molar-refractivity contribution in [3.63, 3.8) is 0 Å². The monoisotopic (exact) mass is 288 g/mol. The molecule has 5 heteroatoms. The molecule has 21 heavy (non-hydrogen) atoms. The van der Waals surface area contributed by atoms with Gasteiger partial charge in [-0.05, 0) is 50.5 Å². The molecule has 5 nitrogen and oxygen atoms in total. The van der Waals surface area contributed by atoms with Crippen molar-refractivity contribution in [3.05, 3.63) is 54.0 Å². The fourth-order valence-electron chi connectivity index (χ4n) is 2.05. The van der Waals surface area contributed by atoms with Crippen LogP contribution < -0.4 is 10.1 Å². The zero-order chi connectivity index (χ0) is 15.2. The average Bonchev–Trinajstić information content (AvgIpc) is 3.01. The molecule has 112 valence electrons. The van der Waals surface area contributed by atoms with E-state index in [4.69, 9.17) is 9.15 Å². The molecule has 1 amide bonds. The zero-order valence-corrected chi connectivity index (χ0v) is 12.5. The van der Waals surface area contributed by atoms with Crippen LogP contribution in [0.25, 0.3) is 0 Å². The topological polar surface area (TPSA) is 54.7 Å². The van der Waals surface area contributed by atoms with Gasteiger partial charge in [-0.15, -0.1) is 0 Å². The molecule has 2 rings (SSSR count). The van der Waals surface area contributed by atoms with Crippen LogP contribution in [0.15, 0.2) is 47.1 Å². The Bertz CT molecular complexity index is 562. The first-order valence-electron chi connectivity index (χ1n) is 6.74. The number of amides is 1. The van der Waals surface area contributed by atoms with Crippen LogP contribution >= 0.6 is 0 Å². The summed E-state index contributed by atoms with van der Waals surface area (Å²) in [5.41, 5.74) is 0.604. The Morgan fingerprint density at radius 1 is 1.29 bits per heavy atom. The molecule has 0 radical (unpaired) electrons. The quantitative estimate of drug-likeness (QED) is 0.886. The third-order valence-electron chi connectivity index (χ3n) is 3.30. The second-order valence-electron chi connectivity index (χ2n) is 4.93. The van der Waals surface area contributed by atoms with Gasteiger partial charge in [-0.3, -0.25) is 9.69 Å². The van der Waals surface area contributed by atoms with E-state index in [1.54, 1.807) is 37.6 Å². The highest BCUT2D eigenvalue weighted by atomic mass is 16.5. The van der Waals surface area contributed by atoms with E-state index in [1.165, 1.54) is 0 Å². The molecule has 2 aromatic rings. The van der Waals surface area contributed by atoms with Gasteiger partial charge in [-0.2, -0.15) is 0 Å². The largest absolute Gasteiger partial charge is 0.497 e. The van der Waals surface area contributed by atoms with Crippen molar-refractivity contribution in [1.29, 1.82) is 0 Å². The van der Waals surface area contributed by atoms with Crippen LogP contribution in [0.5, 0.6) is 5.75 Å². The summed E-state index contributed by atoms with van der Waals surface area (Å²) in [5.74, 6) is 1.44. The Kier molecular flexibility index (Phi) is 5.00. The number of hydrogen-bond donors (Lipinski definition) is 1. The van der Waals surface area contributed by atoms with Gasteiger partial charge in [0.05, 0.1) is 19.4 Å². The Labute approximate surface area is 124 Å². The number of rotatable bonds is 6. The van der Waals surface area contributed by atoms with E-state index >= 15 is 0 Å². The maximum Gasteiger partial charge on any atom is 0.251 e. The number of hydrogen-bond acceptors (Lipinski definition) is 4. The van der Waals surface area contributed by atoms with Crippen molar-refractivity contribution in [3.8, 4) is 5.75 Å². The third kappa shape index (κ3) is 3.86. The number of ether oxygens (including phenoxy) is 1. The second kappa shape index (κ2) is 6.95. The molecule has 0 saturated carbocycles. The molecule has 0 fully saturated rings. The normalized spacial score (nSPS) is 12.2. The molecular weight excluding hydrogens is 268 g/mol. The van der Waals surface area contributed by atoms with Gasteiger partial charge in [0.25, 0.3) is 5.91 Å². The summed E-state index contributed by atoms with van der Waals surface area (Å²) < 4.78 is 10.5. The van der Waals surface area contributed by atoms with Crippen molar-refractivity contribution in [1.82, 2.24) is 10.2 Å². The van der Waals surface area contributed by atoms with Gasteiger partial charge >= 0.3 is 0 Å². The summed E-state index contributed by atoms with van der Waals surface area (Å²) in [6, 6.07) is 10.8. The lowest BCUT2D eigenvalue weighted by Gasteiger charge is -2.22. The molecule has 1 aromatic heterocycles. The molecule has 0 aliphatic carbocycles. The third-order valence-corrected chi connectivity index (χ3v) is 3.30. The summed E-state index contributed by atoms with van der Waals surface area (Å²) in [4.78, 5) is 14.1. The molecule has 1 atom stereocenters. The summed E-state index contributed by atoms with van der Waals surface area (Å²) >= 11 is 0. The van der Waals surface area contributed by atoms with Gasteiger partial charge in [0, 0.05) is 12.1 Å². The highest BCUT2D eigenvalue weighted by molar-refractivity contribution is 5.94. The van der Waals surface area contributed by atoms with Crippen LogP contribution in [0.4, 0.5) is 0 Å². The van der Waals surface area contributed by atoms with Crippen LogP contribution in [-0.4, -0.2) is 38.6 Å². The Balaban J connectivity index is 1.98. The lowest BCUT2D eigenvalue weighted by molar-refractivity contribution is 0.0939. The molecule has 1 aromatic carbocycles. The summed E-state index contributed by atoms with van der Waals surface area (Å²) in [5, 5.41) is 2.92. The van der Waals surface area contributed by atoms with E-state index in [-0.39, 0.29) is 11.9 Å². The summed E-state index contributed by atoms with van der Waals surface area (Å²) in [6.45, 7) is 0.478. The van der Waals surface area contributed by atoms with Crippen molar-refractivity contribution >= 4 is 5.91 Å². The van der Waals surface area contributed by atoms with Crippen LogP contribution in [0.3, 0.4) is 0 Å². The Hall–Kier alpha value is -2.27. The predicted molar refractivity (Wildman–Crippen MR) is 80.5 cm³/mol. The lowest BCUT2D eigenvalue weighted by atomic mass is 10.1. The molecule has 0 spiro atoms. The van der Waals surface area contributed by atoms with Gasteiger partial charge in [-0.1, -0.05) is 0 Å². The average molecular weight is 288 g/mol. The number of benzene rings is 1. The van der Waals surface area contributed by atoms with Gasteiger partial charge in [-0.25, -0.2) is 0 Å². The van der Waals surface area contributed by atoms with Gasteiger partial charge in [0.15, 0.2) is 0 Å². The fraction of sp³-hybridized carbons (Fsp3) is 0.312. The molecule has 1 heterocycles. The van der Waals surface area contributed by atoms with Gasteiger partial charge < -0.3 is 14.5 Å². The Morgan fingerprint density at radius 2 is 2.00 bits per heavy atom. The molecular formula is C16H20N2O3. The minimum Gasteiger partial charge on any atom is -0.497 e. The second-order valence-corrected chi connectivity index (χ2v) is 4.93. The van der Waals surface area contributed by atoms with Gasteiger partial charge in [0.1, 0.15) is 11.5 Å². The number of carbonyl (C=O) groups is 1. The number of likely N-dealkylation sites (N-methyl/N-ethyl adjacent to an activating group) is 1. The van der Waals surface area contributed by atoms with E-state index in [2.05, 4.69) is 5.32 Å². The highest BCUT2D eigenvalue weighted by Crippen LogP contribution is 2.18. The number of nitrogens with zero attached hydrogens (tertiary/aromatic N) is 1. The van der Waals surface area contributed by atoms with Gasteiger partial charge in [0.2, 0.25) is 0 Å². The lowest BCUT2D eigenvalue weighted by Crippen LogP contribution is -2.34. The smallest absolute Gasteiger partial charge is 0.251 e. The fourth-order valence-corrected chi connectivity index (χ4v) is 2.05. The van der Waals surface area contributed by atoms with E-state index in [0.29, 0.717) is 12.1 Å². The van der Waals surface area contributed by atoms with Crippen molar-refractivity contribution < 1.29 is 13.9 Å². The van der Waals surface area contributed by atoms with Crippen LogP contribution in [0.1, 0.15) is 22.2 Å². The number of nitrogens with one attached hydrogen (secondary N) is 1. The maximum atomic E-state index is 12.1. The number of furan rings is 1. The SMILES string of the molecule is COc1ccc(C(=O)NC[C@H](c2ccco2)N(C)C)cc1. The molecule has 1 N–H and O–H groups in total. The molecule has 0 bridgehead atoms. The van der Waals surface area contributed by atoms with Crippen LogP contribution in [0, 0.1) is 0 Å². The van der Waals surface area contributed by atoms with Crippen molar-refractivity contribution in [2.24, 2.45) is 0 Å². The van der Waals surface area contributed by atoms with E-state index in [9.17, 15) is 4.79 Å². The van der Waals surface area contributed by atoms with E-state index in [1.807, 2.05) is 31.1 Å². The summed E-state index contributed by atoms with van der Waals surface area (Å²) in [7, 11) is 5.50. The van der Waals surface area contributed by atoms with E-state index in [0.717, 1.165) is 11.5 Å². The minimum atomic E-state index is -0.115. The van der Waals surface area contributed by atoms with Crippen LogP contribution in [-0.2, 0) is 0 Å². The molecule has 0 unspecified atom stereocenters. The standard InChI is InChI=1S/C16H20N2O3/c1-18(2)14(15-5-4-10-21-15)11-17-16(19)12-6-8-13(20-3)9-7-12/h4-10,14H,11H2,1-3H3,(H,17,19)/t14-/m1/s1. The highest BCUT2D eigenvalue weighted by Gasteiger charge is 2.18. The van der Waals surface area contributed by atoms with Crippen molar-refractivity contribution in [2.45, 2.75) is 6.04 Å². The Morgan fingerprint density at radius 3 is 2.52 bits per heavy atom. The van der Waals surface area contributed by atoms with Crippen LogP contribution in [0.2, 0.25) is 0 Å². The first kappa shape index (κ1) is 15.1. The van der Waals surface area contributed by atoms with Crippen molar-refractivity contribution in [2.75, 3.05) is 27.7 Å². The summed E-state index contributed by atoms with van der Waals surface area (Å²) in [6.07, 6.45) is 1.64. The predicted octanol–water partition coefficient (Wildman–Crippen LogP) is 2.32. The minimum absolute atomic E-state index is 0.00204. The first-order valence-corrected chi connectivity index (χ1v) is 6.74. The molecule has 0 aliphatic rings. The number of carbonyl (C=O) groups excluding carboxylic acids is 1. The number of methoxy groups -OCH3 is 1. The zero-order valence-electron chi connectivity index (χ0n) is 12.5. The van der Waals surface area contributed by atoms with E-state index < -0.39 is 0 Å². The maximum absolute atomic E-state index is 12.1. The molecule has 0 saturated heterocycles.